The summed E-state index contributed by atoms with van der Waals surface area (Å²) >= 11 is 2.10. The molecule has 1 aliphatic carbocycles. The van der Waals surface area contributed by atoms with Crippen LogP contribution in [0.4, 0.5) is 0 Å². The van der Waals surface area contributed by atoms with Crippen LogP contribution < -0.4 is 5.32 Å². The molecule has 1 nitrogen and oxygen atoms in total. The molecule has 2 heteroatoms. The number of fused-ring (bicyclic) bond motifs is 1. The predicted molar refractivity (Wildman–Crippen MR) is 90.7 cm³/mol. The third kappa shape index (κ3) is 3.85. The molecule has 0 saturated carbocycles. The average molecular weight is 294 g/mol. The summed E-state index contributed by atoms with van der Waals surface area (Å²) < 4.78 is 0. The maximum Gasteiger partial charge on any atom is 0.0443 e. The van der Waals surface area contributed by atoms with Crippen molar-refractivity contribution in [2.75, 3.05) is 6.54 Å². The first-order valence-electron chi connectivity index (χ1n) is 8.64. The molecular formula is C18H31NS. The van der Waals surface area contributed by atoms with E-state index >= 15 is 0 Å². The zero-order chi connectivity index (χ0) is 14.4. The van der Waals surface area contributed by atoms with Crippen LogP contribution in [0.25, 0.3) is 0 Å². The lowest BCUT2D eigenvalue weighted by atomic mass is 9.92. The highest BCUT2D eigenvalue weighted by atomic mass is 32.1. The second-order valence-corrected chi connectivity index (χ2v) is 7.33. The Hall–Kier alpha value is -0.340. The van der Waals surface area contributed by atoms with E-state index < -0.39 is 0 Å². The van der Waals surface area contributed by atoms with E-state index in [0.717, 1.165) is 12.5 Å². The number of hydrogen-bond donors (Lipinski definition) is 1. The minimum atomic E-state index is 0.585. The van der Waals surface area contributed by atoms with Crippen molar-refractivity contribution in [1.29, 1.82) is 0 Å². The third-order valence-corrected chi connectivity index (χ3v) is 6.03. The summed E-state index contributed by atoms with van der Waals surface area (Å²) in [5.41, 5.74) is 1.66. The zero-order valence-corrected chi connectivity index (χ0v) is 14.3. The van der Waals surface area contributed by atoms with Crippen LogP contribution >= 0.6 is 11.3 Å². The Morgan fingerprint density at radius 2 is 1.85 bits per heavy atom. The van der Waals surface area contributed by atoms with Gasteiger partial charge in [0.2, 0.25) is 0 Å². The first-order valence-corrected chi connectivity index (χ1v) is 9.46. The second-order valence-electron chi connectivity index (χ2n) is 6.17. The Morgan fingerprint density at radius 3 is 2.55 bits per heavy atom. The van der Waals surface area contributed by atoms with Gasteiger partial charge in [0.25, 0.3) is 0 Å². The van der Waals surface area contributed by atoms with Crippen LogP contribution in [0.15, 0.2) is 6.07 Å². The summed E-state index contributed by atoms with van der Waals surface area (Å²) in [6.07, 6.45) is 10.6. The lowest BCUT2D eigenvalue weighted by molar-refractivity contribution is 0.346. The standard InChI is InChI=1S/C18H31NS/c1-4-12-19-18(14(5-2)6-3)17-13-15-10-8-7-9-11-16(15)20-17/h13-14,18-19H,4-12H2,1-3H3. The molecule has 0 spiro atoms. The van der Waals surface area contributed by atoms with Crippen LogP contribution in [0.3, 0.4) is 0 Å². The van der Waals surface area contributed by atoms with Gasteiger partial charge in [-0.15, -0.1) is 11.3 Å². The summed E-state index contributed by atoms with van der Waals surface area (Å²) in [7, 11) is 0. The van der Waals surface area contributed by atoms with E-state index in [1.54, 1.807) is 15.3 Å². The van der Waals surface area contributed by atoms with Gasteiger partial charge in [-0.1, -0.05) is 40.0 Å². The van der Waals surface area contributed by atoms with Crippen molar-refractivity contribution in [2.24, 2.45) is 5.92 Å². The Morgan fingerprint density at radius 1 is 1.10 bits per heavy atom. The van der Waals surface area contributed by atoms with Crippen molar-refractivity contribution < 1.29 is 0 Å². The maximum absolute atomic E-state index is 3.82. The zero-order valence-electron chi connectivity index (χ0n) is 13.5. The van der Waals surface area contributed by atoms with Gasteiger partial charge in [-0.25, -0.2) is 0 Å². The van der Waals surface area contributed by atoms with Crippen LogP contribution in [0.2, 0.25) is 0 Å². The Labute approximate surface area is 129 Å². The van der Waals surface area contributed by atoms with Crippen LogP contribution in [0.1, 0.15) is 80.7 Å². The lowest BCUT2D eigenvalue weighted by Gasteiger charge is -2.25. The number of hydrogen-bond acceptors (Lipinski definition) is 2. The third-order valence-electron chi connectivity index (χ3n) is 4.71. The largest absolute Gasteiger partial charge is 0.309 e. The highest BCUT2D eigenvalue weighted by Gasteiger charge is 2.23. The van der Waals surface area contributed by atoms with Gasteiger partial charge in [-0.05, 0) is 56.2 Å². The molecule has 0 amide bonds. The molecule has 2 rings (SSSR count). The van der Waals surface area contributed by atoms with Crippen molar-refractivity contribution in [3.8, 4) is 0 Å². The predicted octanol–water partition coefficient (Wildman–Crippen LogP) is 5.49. The molecule has 114 valence electrons. The van der Waals surface area contributed by atoms with Gasteiger partial charge in [0.05, 0.1) is 0 Å². The maximum atomic E-state index is 3.82. The van der Waals surface area contributed by atoms with Gasteiger partial charge >= 0.3 is 0 Å². The van der Waals surface area contributed by atoms with Crippen molar-refractivity contribution in [2.45, 2.75) is 78.2 Å². The molecule has 0 radical (unpaired) electrons. The Balaban J connectivity index is 2.19. The monoisotopic (exact) mass is 293 g/mol. The highest BCUT2D eigenvalue weighted by Crippen LogP contribution is 2.36. The van der Waals surface area contributed by atoms with E-state index in [1.807, 2.05) is 0 Å². The quantitative estimate of drug-likeness (QED) is 0.655. The molecule has 1 aliphatic rings. The molecular weight excluding hydrogens is 262 g/mol. The van der Waals surface area contributed by atoms with Gasteiger partial charge in [-0.3, -0.25) is 0 Å². The Kier molecular flexibility index (Phi) is 6.57. The van der Waals surface area contributed by atoms with E-state index in [4.69, 9.17) is 0 Å². The SMILES string of the molecule is CCCNC(c1cc2c(s1)CCCCC2)C(CC)CC. The topological polar surface area (TPSA) is 12.0 Å². The van der Waals surface area contributed by atoms with Crippen LogP contribution in [-0.2, 0) is 12.8 Å². The van der Waals surface area contributed by atoms with Gasteiger partial charge in [-0.2, -0.15) is 0 Å². The molecule has 0 fully saturated rings. The van der Waals surface area contributed by atoms with Crippen molar-refractivity contribution in [1.82, 2.24) is 5.32 Å². The van der Waals surface area contributed by atoms with Gasteiger partial charge in [0, 0.05) is 15.8 Å². The fourth-order valence-corrected chi connectivity index (χ4v) is 4.83. The molecule has 1 heterocycles. The van der Waals surface area contributed by atoms with E-state index in [2.05, 4.69) is 43.5 Å². The second kappa shape index (κ2) is 8.19. The minimum absolute atomic E-state index is 0.585. The van der Waals surface area contributed by atoms with E-state index in [0.29, 0.717) is 6.04 Å². The molecule has 1 aromatic heterocycles. The summed E-state index contributed by atoms with van der Waals surface area (Å²) in [5.74, 6) is 0.781. The van der Waals surface area contributed by atoms with Crippen LogP contribution in [0.5, 0.6) is 0 Å². The summed E-state index contributed by atoms with van der Waals surface area (Å²) in [4.78, 5) is 3.30. The Bertz CT molecular complexity index is 369. The fourth-order valence-electron chi connectivity index (χ4n) is 3.40. The first kappa shape index (κ1) is 16.0. The lowest BCUT2D eigenvalue weighted by Crippen LogP contribution is -2.27. The van der Waals surface area contributed by atoms with Crippen LogP contribution in [-0.4, -0.2) is 6.54 Å². The normalized spacial score (nSPS) is 17.0. The molecule has 1 N–H and O–H groups in total. The van der Waals surface area contributed by atoms with Crippen molar-refractivity contribution in [3.05, 3.63) is 21.4 Å². The van der Waals surface area contributed by atoms with Crippen molar-refractivity contribution >= 4 is 11.3 Å². The van der Waals surface area contributed by atoms with Gasteiger partial charge in [0.1, 0.15) is 0 Å². The van der Waals surface area contributed by atoms with E-state index in [9.17, 15) is 0 Å². The van der Waals surface area contributed by atoms with Gasteiger partial charge in [0.15, 0.2) is 0 Å². The minimum Gasteiger partial charge on any atom is -0.309 e. The molecule has 0 bridgehead atoms. The molecule has 0 aromatic carbocycles. The summed E-state index contributed by atoms with van der Waals surface area (Å²) in [6, 6.07) is 3.12. The van der Waals surface area contributed by atoms with Crippen LogP contribution in [0, 0.1) is 5.92 Å². The van der Waals surface area contributed by atoms with Gasteiger partial charge < -0.3 is 5.32 Å². The molecule has 20 heavy (non-hydrogen) atoms. The number of nitrogens with one attached hydrogen (secondary N) is 1. The first-order chi connectivity index (χ1) is 9.80. The molecule has 0 aliphatic heterocycles. The average Bonchev–Trinajstić information content (AvgIpc) is 2.74. The highest BCUT2D eigenvalue weighted by molar-refractivity contribution is 7.12. The molecule has 1 unspecified atom stereocenters. The number of aryl methyl sites for hydroxylation is 2. The van der Waals surface area contributed by atoms with Crippen molar-refractivity contribution in [3.63, 3.8) is 0 Å². The smallest absolute Gasteiger partial charge is 0.0443 e. The fraction of sp³-hybridized carbons (Fsp3) is 0.778. The molecule has 1 atom stereocenters. The number of thiophene rings is 1. The molecule has 1 aromatic rings. The summed E-state index contributed by atoms with van der Waals surface area (Å²) in [6.45, 7) is 8.09. The summed E-state index contributed by atoms with van der Waals surface area (Å²) in [5, 5.41) is 3.82. The molecule has 0 saturated heterocycles. The number of rotatable bonds is 7. The van der Waals surface area contributed by atoms with E-state index in [1.165, 1.54) is 51.4 Å². The van der Waals surface area contributed by atoms with E-state index in [-0.39, 0.29) is 0 Å².